The highest BCUT2D eigenvalue weighted by molar-refractivity contribution is 7.22. The molecule has 6 bridgehead atoms. The van der Waals surface area contributed by atoms with Crippen molar-refractivity contribution in [3.8, 4) is 90.8 Å². The molecule has 0 amide bonds. The van der Waals surface area contributed by atoms with Gasteiger partial charge in [-0.1, -0.05) is 108 Å². The van der Waals surface area contributed by atoms with Crippen molar-refractivity contribution in [1.29, 1.82) is 0 Å². The first-order valence-corrected chi connectivity index (χ1v) is 46.5. The second-order valence-corrected chi connectivity index (χ2v) is 39.2. The number of halogens is 4. The van der Waals surface area contributed by atoms with Gasteiger partial charge in [-0.25, -0.2) is 64.2 Å². The molecule has 9 aliphatic carbocycles. The smallest absolute Gasteiger partial charge is 0.181 e. The summed E-state index contributed by atoms with van der Waals surface area (Å²) in [6, 6.07) is 34.0. The standard InChI is InChI=1S/C28H26ClN5S.C24H24FN5O.C23H25ClN8.C22H24ClN5O/c1-15-16-6-8-17(9-7-16)21(15)12-20-13-23(25-10-18-4-2-3-5-24(18)35-25)32-28(31-20)26-22-11-19(29)14-30-27(22)34-33-26;1-13-14-4-6-15(7-5-14)18(13)10-17-11-20(21-3-2-8-31-21)28-24(27-17)22-19-9-16(25)12-26-23(19)30-29-22;1-12-13-3-5-14(6-4-13)20(12)28-19-8-18(15-9-26-32(2)11-15)27-23(29-19)21-17-7-16(24)10-25-22(17)31-30-21;1-5-13(22(2,3)4)9-15-11-17(18-7-6-8-29-18)26-21(25-15)19-16-10-14(23)12-24-20(16)28-27-19/h2-5,10-11,13-17,21H,6-9,12H2,1H3,(H,30,33,34);2-3,8-9,11-15,18H,4-7,10H2,1H3,(H,26,29,30);7-14,20H,3-6H2,1-2H3,(H,25,30,31)(H,27,28,29);6-8,10-13H,5,9H2,1-4H3,(H,24,27,28)/t;;;13-/m...0/s1. The number of benzene rings is 1. The second-order valence-electron chi connectivity index (χ2n) is 36.8. The van der Waals surface area contributed by atoms with Gasteiger partial charge in [0.25, 0.3) is 0 Å². The quantitative estimate of drug-likeness (QED) is 0.0565. The molecule has 17 aromatic rings. The van der Waals surface area contributed by atoms with Gasteiger partial charge in [0.05, 0.1) is 77.8 Å². The Labute approximate surface area is 752 Å². The lowest BCUT2D eigenvalue weighted by molar-refractivity contribution is 0.0339. The summed E-state index contributed by atoms with van der Waals surface area (Å²) in [5.74, 6) is 12.8. The topological polar surface area (TPSA) is 326 Å². The van der Waals surface area contributed by atoms with Crippen molar-refractivity contribution >= 4 is 106 Å². The zero-order valence-electron chi connectivity index (χ0n) is 72.0. The average molecular weight is 1780 g/mol. The van der Waals surface area contributed by atoms with Crippen molar-refractivity contribution in [2.45, 2.75) is 157 Å². The van der Waals surface area contributed by atoms with Gasteiger partial charge in [0, 0.05) is 71.3 Å². The number of fused-ring (bicyclic) bond motifs is 14. The monoisotopic (exact) mass is 1770 g/mol. The molecule has 9 fully saturated rings. The molecule has 648 valence electrons. The van der Waals surface area contributed by atoms with Crippen molar-refractivity contribution in [2.75, 3.05) is 5.32 Å². The number of nitrogens with one attached hydrogen (secondary N) is 5. The lowest BCUT2D eigenvalue weighted by Crippen LogP contribution is -2.47. The van der Waals surface area contributed by atoms with E-state index in [9.17, 15) is 4.39 Å². The first-order valence-electron chi connectivity index (χ1n) is 44.5. The van der Waals surface area contributed by atoms with Crippen LogP contribution in [0.4, 0.5) is 10.2 Å². The Morgan fingerprint density at radius 1 is 0.480 bits per heavy atom. The van der Waals surface area contributed by atoms with Crippen LogP contribution < -0.4 is 5.32 Å². The summed E-state index contributed by atoms with van der Waals surface area (Å²) in [4.78, 5) is 57.3. The van der Waals surface area contributed by atoms with Gasteiger partial charge >= 0.3 is 0 Å². The van der Waals surface area contributed by atoms with Crippen LogP contribution in [0.3, 0.4) is 0 Å². The van der Waals surface area contributed by atoms with E-state index >= 15 is 0 Å². The Balaban J connectivity index is 0.000000107. The summed E-state index contributed by atoms with van der Waals surface area (Å²) in [7, 11) is 1.90. The number of hydrogen-bond donors (Lipinski definition) is 5. The summed E-state index contributed by atoms with van der Waals surface area (Å²) in [5, 5.41) is 43.4. The summed E-state index contributed by atoms with van der Waals surface area (Å²) in [5.41, 5.74) is 12.5. The van der Waals surface area contributed by atoms with Gasteiger partial charge in [0.1, 0.15) is 45.8 Å². The van der Waals surface area contributed by atoms with E-state index in [2.05, 4.69) is 156 Å². The van der Waals surface area contributed by atoms with Crippen LogP contribution >= 0.6 is 46.1 Å². The lowest BCUT2D eigenvalue weighted by Gasteiger charge is -2.47. The molecule has 7 atom stereocenters. The van der Waals surface area contributed by atoms with E-state index in [0.29, 0.717) is 136 Å². The molecular formula is C97H99Cl3FN23O2S. The maximum Gasteiger partial charge on any atom is 0.181 e. The Kier molecular flexibility index (Phi) is 23.1. The minimum atomic E-state index is -0.412. The van der Waals surface area contributed by atoms with Crippen LogP contribution in [0.2, 0.25) is 15.1 Å². The Morgan fingerprint density at radius 2 is 0.921 bits per heavy atom. The highest BCUT2D eigenvalue weighted by Crippen LogP contribution is 2.53. The van der Waals surface area contributed by atoms with Crippen molar-refractivity contribution < 1.29 is 13.2 Å². The van der Waals surface area contributed by atoms with E-state index in [1.165, 1.54) is 93.2 Å². The van der Waals surface area contributed by atoms with Crippen LogP contribution in [-0.2, 0) is 26.3 Å². The number of aromatic nitrogens is 22. The SMILES string of the molecule is CC1C2CCC(CC2)C1Cc1cc(-c2cc3ccccc3s2)nc(-c2[nH]nc3ncc(Cl)cc23)n1.CC1C2CCC(CC2)C1Cc1cc(-c2ccco2)nc(-c2[nH]nc3ncc(F)cc23)n1.CC1C2CCC(CC2)C1Nc1cc(-c2cnn(C)c2)nc(-c2[nH]nc3ncc(Cl)cc23)n1.CC[C@@H](Cc1cc(-c2ccco2)nc(-c2[nH]nc3ncc(Cl)cc23)n1)C(C)(C)C. The molecule has 16 aromatic heterocycles. The largest absolute Gasteiger partial charge is 0.463 e. The summed E-state index contributed by atoms with van der Waals surface area (Å²) in [6.07, 6.45) is 33.1. The predicted molar refractivity (Wildman–Crippen MR) is 496 cm³/mol. The molecule has 0 aliphatic heterocycles. The number of rotatable bonds is 17. The second kappa shape index (κ2) is 35.2. The molecule has 0 saturated heterocycles. The van der Waals surface area contributed by atoms with Gasteiger partial charge in [-0.15, -0.1) is 11.3 Å². The van der Waals surface area contributed by atoms with Crippen molar-refractivity contribution in [2.24, 2.45) is 83.5 Å². The molecule has 9 saturated carbocycles. The molecular weight excluding hydrogens is 1680 g/mol. The molecule has 6 unspecified atom stereocenters. The molecule has 9 aliphatic rings. The lowest BCUT2D eigenvalue weighted by atomic mass is 9.58. The minimum absolute atomic E-state index is 0.183. The zero-order chi connectivity index (χ0) is 86.9. The van der Waals surface area contributed by atoms with Crippen LogP contribution in [0.15, 0.2) is 162 Å². The van der Waals surface area contributed by atoms with E-state index in [1.807, 2.05) is 80.1 Å². The molecule has 30 heteroatoms. The summed E-state index contributed by atoms with van der Waals surface area (Å²) >= 11 is 20.4. The maximum absolute atomic E-state index is 13.9. The Morgan fingerprint density at radius 3 is 1.39 bits per heavy atom. The summed E-state index contributed by atoms with van der Waals surface area (Å²) < 4.78 is 28.1. The van der Waals surface area contributed by atoms with Gasteiger partial charge in [0.15, 0.2) is 57.4 Å². The number of hydrogen-bond acceptors (Lipinski definition) is 21. The molecule has 0 spiro atoms. The fourth-order valence-corrected chi connectivity index (χ4v) is 22.9. The highest BCUT2D eigenvalue weighted by Gasteiger charge is 2.44. The third-order valence-corrected chi connectivity index (χ3v) is 30.1. The number of pyridine rings is 4. The number of aromatic amines is 4. The van der Waals surface area contributed by atoms with E-state index in [1.54, 1.807) is 47.1 Å². The highest BCUT2D eigenvalue weighted by atomic mass is 35.5. The number of thiophene rings is 1. The number of anilines is 1. The first kappa shape index (κ1) is 83.6. The van der Waals surface area contributed by atoms with Crippen molar-refractivity contribution in [1.82, 2.24) is 110 Å². The van der Waals surface area contributed by atoms with Crippen LogP contribution in [0.25, 0.3) is 145 Å². The number of nitrogens with zero attached hydrogens (tertiary/aromatic N) is 18. The molecule has 1 aromatic carbocycles. The summed E-state index contributed by atoms with van der Waals surface area (Å²) in [6.45, 7) is 16.3. The van der Waals surface area contributed by atoms with E-state index < -0.39 is 5.82 Å². The van der Waals surface area contributed by atoms with Crippen molar-refractivity contribution in [3.05, 3.63) is 191 Å². The zero-order valence-corrected chi connectivity index (χ0v) is 75.1. The van der Waals surface area contributed by atoms with Crippen LogP contribution in [0, 0.1) is 82.2 Å². The Hall–Kier alpha value is -11.7. The van der Waals surface area contributed by atoms with E-state index in [4.69, 9.17) is 83.5 Å². The number of H-pyrrole nitrogens is 4. The van der Waals surface area contributed by atoms with Crippen molar-refractivity contribution in [3.63, 3.8) is 0 Å². The third kappa shape index (κ3) is 17.4. The Bertz CT molecular complexity index is 6770. The van der Waals surface area contributed by atoms with Crippen LogP contribution in [-0.4, -0.2) is 116 Å². The van der Waals surface area contributed by atoms with E-state index in [-0.39, 0.29) is 5.41 Å². The van der Waals surface area contributed by atoms with Gasteiger partial charge in [-0.05, 0) is 257 Å². The number of aryl methyl sites for hydroxylation is 1. The maximum atomic E-state index is 13.9. The third-order valence-electron chi connectivity index (χ3n) is 28.4. The van der Waals surface area contributed by atoms with Gasteiger partial charge in [0.2, 0.25) is 0 Å². The van der Waals surface area contributed by atoms with Gasteiger partial charge < -0.3 is 14.2 Å². The first-order chi connectivity index (χ1) is 61.7. The predicted octanol–water partition coefficient (Wildman–Crippen LogP) is 23.6. The van der Waals surface area contributed by atoms with Gasteiger partial charge in [-0.2, -0.15) is 25.5 Å². The average Bonchev–Trinajstić information content (AvgIpc) is 1.72. The minimum Gasteiger partial charge on any atom is -0.463 e. The number of furan rings is 2. The fourth-order valence-electron chi connectivity index (χ4n) is 21.4. The molecule has 5 N–H and O–H groups in total. The normalized spacial score (nSPS) is 22.0. The molecule has 16 heterocycles. The van der Waals surface area contributed by atoms with Crippen LogP contribution in [0.5, 0.6) is 0 Å². The fraction of sp³-hybridized carbons (Fsp3) is 0.392. The van der Waals surface area contributed by atoms with Crippen LogP contribution in [0.1, 0.15) is 149 Å². The molecule has 127 heavy (non-hydrogen) atoms. The molecule has 0 radical (unpaired) electrons. The molecule has 25 nitrogen and oxygen atoms in total. The molecule has 26 rings (SSSR count). The van der Waals surface area contributed by atoms with E-state index in [0.717, 1.165) is 145 Å². The van der Waals surface area contributed by atoms with Gasteiger partial charge in [-0.3, -0.25) is 25.1 Å².